The second-order valence-electron chi connectivity index (χ2n) is 3.85. The van der Waals surface area contributed by atoms with Crippen LogP contribution in [0.3, 0.4) is 0 Å². The number of allylic oxidation sites excluding steroid dienone is 4. The molecule has 4 atom stereocenters. The minimum absolute atomic E-state index is 0.925. The molecule has 52 valence electrons. The van der Waals surface area contributed by atoms with Crippen LogP contribution in [-0.2, 0) is 0 Å². The van der Waals surface area contributed by atoms with Gasteiger partial charge in [0.1, 0.15) is 0 Å². The van der Waals surface area contributed by atoms with Crippen LogP contribution in [0.5, 0.6) is 0 Å². The fraction of sp³-hybridized carbons (Fsp3) is 0.600. The van der Waals surface area contributed by atoms with Crippen molar-refractivity contribution in [2.75, 3.05) is 0 Å². The summed E-state index contributed by atoms with van der Waals surface area (Å²) in [4.78, 5) is 0. The number of hydrogen-bond donors (Lipinski definition) is 0. The summed E-state index contributed by atoms with van der Waals surface area (Å²) in [5.74, 6) is 3.82. The number of hydrogen-bond acceptors (Lipinski definition) is 0. The Morgan fingerprint density at radius 2 is 1.90 bits per heavy atom. The lowest BCUT2D eigenvalue weighted by Gasteiger charge is -2.18. The Bertz CT molecular complexity index is 212. The summed E-state index contributed by atoms with van der Waals surface area (Å²) in [5, 5.41) is 0. The lowest BCUT2D eigenvalue weighted by molar-refractivity contribution is 0.398. The zero-order valence-electron chi connectivity index (χ0n) is 6.03. The molecule has 0 amide bonds. The average molecular weight is 132 g/mol. The van der Waals surface area contributed by atoms with Crippen LogP contribution >= 0.6 is 0 Å². The van der Waals surface area contributed by atoms with E-state index in [9.17, 15) is 0 Å². The van der Waals surface area contributed by atoms with E-state index in [1.54, 1.807) is 0 Å². The maximum absolute atomic E-state index is 2.44. The highest BCUT2D eigenvalue weighted by molar-refractivity contribution is 5.21. The second-order valence-corrected chi connectivity index (χ2v) is 3.85. The summed E-state index contributed by atoms with van der Waals surface area (Å²) in [7, 11) is 0. The van der Waals surface area contributed by atoms with Gasteiger partial charge in [-0.1, -0.05) is 24.3 Å². The van der Waals surface area contributed by atoms with Gasteiger partial charge in [-0.2, -0.15) is 0 Å². The molecule has 0 aliphatic heterocycles. The van der Waals surface area contributed by atoms with E-state index in [1.807, 2.05) is 0 Å². The Labute approximate surface area is 61.6 Å². The van der Waals surface area contributed by atoms with E-state index in [0.717, 1.165) is 23.7 Å². The molecule has 0 saturated heterocycles. The first-order valence-electron chi connectivity index (χ1n) is 4.30. The fourth-order valence-corrected chi connectivity index (χ4v) is 2.97. The van der Waals surface area contributed by atoms with Crippen molar-refractivity contribution in [2.24, 2.45) is 23.7 Å². The Morgan fingerprint density at radius 3 is 2.80 bits per heavy atom. The first kappa shape index (κ1) is 5.17. The van der Waals surface area contributed by atoms with Crippen molar-refractivity contribution in [1.29, 1.82) is 0 Å². The minimum atomic E-state index is 0.925. The third-order valence-electron chi connectivity index (χ3n) is 3.46. The highest BCUT2D eigenvalue weighted by Gasteiger charge is 2.44. The molecule has 1 unspecified atom stereocenters. The summed E-state index contributed by atoms with van der Waals surface area (Å²) >= 11 is 0. The quantitative estimate of drug-likeness (QED) is 0.444. The van der Waals surface area contributed by atoms with Crippen LogP contribution in [0.15, 0.2) is 24.3 Å². The summed E-state index contributed by atoms with van der Waals surface area (Å²) in [5.41, 5.74) is 0. The van der Waals surface area contributed by atoms with Gasteiger partial charge in [-0.25, -0.2) is 0 Å². The third kappa shape index (κ3) is 0.448. The van der Waals surface area contributed by atoms with Gasteiger partial charge in [-0.15, -0.1) is 0 Å². The van der Waals surface area contributed by atoms with Crippen LogP contribution in [-0.4, -0.2) is 0 Å². The van der Waals surface area contributed by atoms with Gasteiger partial charge in [0.05, 0.1) is 0 Å². The predicted molar refractivity (Wildman–Crippen MR) is 41.5 cm³/mol. The predicted octanol–water partition coefficient (Wildman–Crippen LogP) is 2.38. The van der Waals surface area contributed by atoms with Crippen molar-refractivity contribution < 1.29 is 0 Å². The van der Waals surface area contributed by atoms with Crippen molar-refractivity contribution in [1.82, 2.24) is 0 Å². The highest BCUT2D eigenvalue weighted by atomic mass is 14.5. The van der Waals surface area contributed by atoms with Crippen molar-refractivity contribution >= 4 is 0 Å². The molecule has 0 aromatic rings. The topological polar surface area (TPSA) is 0 Å². The normalized spacial score (nSPS) is 54.4. The van der Waals surface area contributed by atoms with Gasteiger partial charge < -0.3 is 0 Å². The molecule has 0 aromatic heterocycles. The van der Waals surface area contributed by atoms with Crippen LogP contribution in [0.2, 0.25) is 0 Å². The molecule has 3 rings (SSSR count). The monoisotopic (exact) mass is 132 g/mol. The molecule has 1 fully saturated rings. The molecule has 1 saturated carbocycles. The Hall–Kier alpha value is -0.520. The minimum Gasteiger partial charge on any atom is -0.0879 e. The van der Waals surface area contributed by atoms with E-state index < -0.39 is 0 Å². The second kappa shape index (κ2) is 1.55. The average Bonchev–Trinajstić information content (AvgIpc) is 2.60. The number of rotatable bonds is 0. The van der Waals surface area contributed by atoms with Crippen molar-refractivity contribution in [3.63, 3.8) is 0 Å². The molecule has 0 nitrogen and oxygen atoms in total. The van der Waals surface area contributed by atoms with Crippen molar-refractivity contribution in [2.45, 2.75) is 12.8 Å². The van der Waals surface area contributed by atoms with E-state index in [0.29, 0.717) is 0 Å². The smallest absolute Gasteiger partial charge is 0.0133 e. The van der Waals surface area contributed by atoms with E-state index in [4.69, 9.17) is 0 Å². The van der Waals surface area contributed by atoms with E-state index in [-0.39, 0.29) is 0 Å². The molecule has 10 heavy (non-hydrogen) atoms. The fourth-order valence-electron chi connectivity index (χ4n) is 2.97. The van der Waals surface area contributed by atoms with Gasteiger partial charge in [0.25, 0.3) is 0 Å². The van der Waals surface area contributed by atoms with Crippen LogP contribution in [0.1, 0.15) is 12.8 Å². The van der Waals surface area contributed by atoms with Crippen LogP contribution < -0.4 is 0 Å². The van der Waals surface area contributed by atoms with Gasteiger partial charge >= 0.3 is 0 Å². The number of fused-ring (bicyclic) bond motifs is 5. The maximum Gasteiger partial charge on any atom is -0.0133 e. The molecular formula is C10H12. The Balaban J connectivity index is 2.04. The molecular weight excluding hydrogens is 120 g/mol. The van der Waals surface area contributed by atoms with E-state index in [2.05, 4.69) is 24.3 Å². The molecule has 0 aromatic carbocycles. The van der Waals surface area contributed by atoms with Gasteiger partial charge in [-0.3, -0.25) is 0 Å². The standard InChI is InChI=1S/C10H12/c1-2-9-7-4-5-8(6-7)10(9)3-1/h1-2,4-5,7-10H,3,6H2/t7?,8-,9-,10-/m0/s1. The Morgan fingerprint density at radius 1 is 1.00 bits per heavy atom. The molecule has 0 heterocycles. The molecule has 0 N–H and O–H groups in total. The molecule has 0 heteroatoms. The lowest BCUT2D eigenvalue weighted by atomic mass is 9.86. The molecule has 3 aliphatic carbocycles. The summed E-state index contributed by atoms with van der Waals surface area (Å²) in [6, 6.07) is 0. The summed E-state index contributed by atoms with van der Waals surface area (Å²) in [6.45, 7) is 0. The third-order valence-corrected chi connectivity index (χ3v) is 3.46. The summed E-state index contributed by atoms with van der Waals surface area (Å²) in [6.07, 6.45) is 12.5. The van der Waals surface area contributed by atoms with Crippen LogP contribution in [0.4, 0.5) is 0 Å². The first-order valence-corrected chi connectivity index (χ1v) is 4.30. The molecule has 0 spiro atoms. The lowest BCUT2D eigenvalue weighted by Crippen LogP contribution is -2.12. The largest absolute Gasteiger partial charge is 0.0879 e. The van der Waals surface area contributed by atoms with Crippen LogP contribution in [0.25, 0.3) is 0 Å². The molecule has 3 aliphatic rings. The zero-order chi connectivity index (χ0) is 6.55. The van der Waals surface area contributed by atoms with Gasteiger partial charge in [-0.05, 0) is 36.5 Å². The van der Waals surface area contributed by atoms with Gasteiger partial charge in [0.2, 0.25) is 0 Å². The Kier molecular flexibility index (Phi) is 0.803. The molecule has 2 bridgehead atoms. The molecule has 0 radical (unpaired) electrons. The SMILES string of the molecule is C1=C[C@H]2C3C=C[C@@H](C3)[C@@H]2C1. The highest BCUT2D eigenvalue weighted by Crippen LogP contribution is 2.52. The first-order chi connectivity index (χ1) is 4.95. The van der Waals surface area contributed by atoms with E-state index >= 15 is 0 Å². The zero-order valence-corrected chi connectivity index (χ0v) is 6.03. The maximum atomic E-state index is 2.44. The van der Waals surface area contributed by atoms with Gasteiger partial charge in [0, 0.05) is 0 Å². The van der Waals surface area contributed by atoms with Gasteiger partial charge in [0.15, 0.2) is 0 Å². The van der Waals surface area contributed by atoms with Crippen molar-refractivity contribution in [3.05, 3.63) is 24.3 Å². The summed E-state index contributed by atoms with van der Waals surface area (Å²) < 4.78 is 0. The van der Waals surface area contributed by atoms with Crippen LogP contribution in [0, 0.1) is 23.7 Å². The van der Waals surface area contributed by atoms with E-state index in [1.165, 1.54) is 12.8 Å². The van der Waals surface area contributed by atoms with Crippen molar-refractivity contribution in [3.8, 4) is 0 Å².